The summed E-state index contributed by atoms with van der Waals surface area (Å²) in [4.78, 5) is 4.12. The van der Waals surface area contributed by atoms with Crippen molar-refractivity contribution in [2.45, 2.75) is 20.8 Å². The third kappa shape index (κ3) is 7.41. The molecule has 0 unspecified atom stereocenters. The van der Waals surface area contributed by atoms with Gasteiger partial charge in [-0.1, -0.05) is 26.8 Å². The zero-order valence-electron chi connectivity index (χ0n) is 6.52. The number of aliphatic imine (C=N–C) groups is 1. The van der Waals surface area contributed by atoms with E-state index in [1.165, 1.54) is 0 Å². The monoisotopic (exact) mass is 125 g/mol. The van der Waals surface area contributed by atoms with Crippen LogP contribution in [0.3, 0.4) is 0 Å². The minimum absolute atomic E-state index is 0.211. The SMILES string of the molecule is C=CCN=CC(C)(C)C. The van der Waals surface area contributed by atoms with Crippen LogP contribution in [0, 0.1) is 5.41 Å². The van der Waals surface area contributed by atoms with Crippen LogP contribution in [0.5, 0.6) is 0 Å². The molecule has 0 saturated carbocycles. The molecule has 0 N–H and O–H groups in total. The largest absolute Gasteiger partial charge is 0.293 e. The molecule has 0 heterocycles. The lowest BCUT2D eigenvalue weighted by Crippen LogP contribution is -2.05. The van der Waals surface area contributed by atoms with Gasteiger partial charge in [0, 0.05) is 6.21 Å². The van der Waals surface area contributed by atoms with Crippen molar-refractivity contribution in [3.8, 4) is 0 Å². The second-order valence-corrected chi connectivity index (χ2v) is 3.15. The van der Waals surface area contributed by atoms with E-state index in [-0.39, 0.29) is 5.41 Å². The van der Waals surface area contributed by atoms with Gasteiger partial charge in [0.15, 0.2) is 0 Å². The molecule has 0 saturated heterocycles. The smallest absolute Gasteiger partial charge is 0.0564 e. The van der Waals surface area contributed by atoms with Crippen LogP contribution in [0.15, 0.2) is 17.6 Å². The van der Waals surface area contributed by atoms with Gasteiger partial charge in [-0.05, 0) is 5.41 Å². The zero-order chi connectivity index (χ0) is 7.33. The average Bonchev–Trinajstić information content (AvgIpc) is 1.63. The summed E-state index contributed by atoms with van der Waals surface area (Å²) >= 11 is 0. The normalized spacial score (nSPS) is 12.3. The number of nitrogens with zero attached hydrogens (tertiary/aromatic N) is 1. The van der Waals surface area contributed by atoms with Gasteiger partial charge in [0.05, 0.1) is 6.54 Å². The summed E-state index contributed by atoms with van der Waals surface area (Å²) in [5.41, 5.74) is 0.211. The maximum atomic E-state index is 4.12. The molecule has 52 valence electrons. The van der Waals surface area contributed by atoms with Crippen LogP contribution in [0.25, 0.3) is 0 Å². The molecule has 0 aliphatic carbocycles. The van der Waals surface area contributed by atoms with Crippen LogP contribution in [-0.2, 0) is 0 Å². The lowest BCUT2D eigenvalue weighted by molar-refractivity contribution is 0.605. The Morgan fingerprint density at radius 2 is 2.00 bits per heavy atom. The van der Waals surface area contributed by atoms with E-state index in [1.807, 2.05) is 6.21 Å². The van der Waals surface area contributed by atoms with Gasteiger partial charge in [0.1, 0.15) is 0 Å². The molecule has 0 amide bonds. The van der Waals surface area contributed by atoms with Gasteiger partial charge < -0.3 is 0 Å². The molecule has 0 aromatic rings. The Morgan fingerprint density at radius 1 is 1.44 bits per heavy atom. The first-order chi connectivity index (χ1) is 4.06. The summed E-state index contributed by atoms with van der Waals surface area (Å²) in [5, 5.41) is 0. The molecule has 1 heteroatoms. The third-order valence-corrected chi connectivity index (χ3v) is 0.713. The standard InChI is InChI=1S/C8H15N/c1-5-6-9-7-8(2,3)4/h5,7H,1,6H2,2-4H3. The van der Waals surface area contributed by atoms with Crippen molar-refractivity contribution in [3.05, 3.63) is 12.7 Å². The maximum absolute atomic E-state index is 4.12. The fourth-order valence-corrected chi connectivity index (χ4v) is 0.401. The summed E-state index contributed by atoms with van der Waals surface area (Å²) in [6.07, 6.45) is 3.75. The van der Waals surface area contributed by atoms with Crippen LogP contribution in [-0.4, -0.2) is 12.8 Å². The molecule has 1 nitrogen and oxygen atoms in total. The van der Waals surface area contributed by atoms with E-state index < -0.39 is 0 Å². The van der Waals surface area contributed by atoms with Crippen molar-refractivity contribution >= 4 is 6.21 Å². The van der Waals surface area contributed by atoms with Gasteiger partial charge in [0.2, 0.25) is 0 Å². The molecule has 0 aromatic carbocycles. The molecule has 0 aliphatic rings. The Kier molecular flexibility index (Phi) is 3.21. The Morgan fingerprint density at radius 3 is 2.33 bits per heavy atom. The first-order valence-corrected chi connectivity index (χ1v) is 3.18. The van der Waals surface area contributed by atoms with Gasteiger partial charge in [-0.3, -0.25) is 4.99 Å². The lowest BCUT2D eigenvalue weighted by atomic mass is 9.99. The fraction of sp³-hybridized carbons (Fsp3) is 0.625. The van der Waals surface area contributed by atoms with Gasteiger partial charge in [-0.2, -0.15) is 0 Å². The van der Waals surface area contributed by atoms with Crippen LogP contribution >= 0.6 is 0 Å². The molecule has 0 bridgehead atoms. The predicted molar refractivity (Wildman–Crippen MR) is 43.0 cm³/mol. The summed E-state index contributed by atoms with van der Waals surface area (Å²) in [7, 11) is 0. The summed E-state index contributed by atoms with van der Waals surface area (Å²) in [6, 6.07) is 0. The Hall–Kier alpha value is -0.590. The second-order valence-electron chi connectivity index (χ2n) is 3.15. The molecule has 9 heavy (non-hydrogen) atoms. The highest BCUT2D eigenvalue weighted by Gasteiger charge is 2.03. The fourth-order valence-electron chi connectivity index (χ4n) is 0.401. The zero-order valence-corrected chi connectivity index (χ0v) is 6.52. The minimum Gasteiger partial charge on any atom is -0.293 e. The number of hydrogen-bond acceptors (Lipinski definition) is 1. The van der Waals surface area contributed by atoms with E-state index in [0.717, 1.165) is 6.54 Å². The highest BCUT2D eigenvalue weighted by Crippen LogP contribution is 2.07. The van der Waals surface area contributed by atoms with Crippen molar-refractivity contribution in [3.63, 3.8) is 0 Å². The highest BCUT2D eigenvalue weighted by molar-refractivity contribution is 5.63. The van der Waals surface area contributed by atoms with Crippen LogP contribution in [0.1, 0.15) is 20.8 Å². The molecular weight excluding hydrogens is 110 g/mol. The van der Waals surface area contributed by atoms with Crippen LogP contribution in [0.2, 0.25) is 0 Å². The molecular formula is C8H15N. The molecule has 0 fully saturated rings. The van der Waals surface area contributed by atoms with E-state index in [9.17, 15) is 0 Å². The Bertz CT molecular complexity index is 106. The maximum Gasteiger partial charge on any atom is 0.0564 e. The van der Waals surface area contributed by atoms with Crippen molar-refractivity contribution in [2.24, 2.45) is 10.4 Å². The first-order valence-electron chi connectivity index (χ1n) is 3.18. The van der Waals surface area contributed by atoms with Gasteiger partial charge in [-0.15, -0.1) is 6.58 Å². The van der Waals surface area contributed by atoms with Crippen molar-refractivity contribution in [1.82, 2.24) is 0 Å². The highest BCUT2D eigenvalue weighted by atomic mass is 14.7. The van der Waals surface area contributed by atoms with Crippen molar-refractivity contribution in [2.75, 3.05) is 6.54 Å². The molecule has 0 atom stereocenters. The summed E-state index contributed by atoms with van der Waals surface area (Å²) in [6.45, 7) is 10.7. The van der Waals surface area contributed by atoms with Crippen molar-refractivity contribution in [1.29, 1.82) is 0 Å². The van der Waals surface area contributed by atoms with Gasteiger partial charge in [0.25, 0.3) is 0 Å². The van der Waals surface area contributed by atoms with E-state index in [4.69, 9.17) is 0 Å². The van der Waals surface area contributed by atoms with Crippen LogP contribution in [0.4, 0.5) is 0 Å². The third-order valence-electron chi connectivity index (χ3n) is 0.713. The van der Waals surface area contributed by atoms with Gasteiger partial charge >= 0.3 is 0 Å². The number of hydrogen-bond donors (Lipinski definition) is 0. The lowest BCUT2D eigenvalue weighted by Gasteiger charge is -2.08. The quantitative estimate of drug-likeness (QED) is 0.396. The van der Waals surface area contributed by atoms with E-state index in [2.05, 4.69) is 32.3 Å². The van der Waals surface area contributed by atoms with Crippen molar-refractivity contribution < 1.29 is 0 Å². The minimum atomic E-state index is 0.211. The molecule has 0 spiro atoms. The van der Waals surface area contributed by atoms with E-state index >= 15 is 0 Å². The molecule has 0 radical (unpaired) electrons. The van der Waals surface area contributed by atoms with E-state index in [1.54, 1.807) is 6.08 Å². The van der Waals surface area contributed by atoms with Gasteiger partial charge in [-0.25, -0.2) is 0 Å². The summed E-state index contributed by atoms with van der Waals surface area (Å²) < 4.78 is 0. The molecule has 0 aliphatic heterocycles. The summed E-state index contributed by atoms with van der Waals surface area (Å²) in [5.74, 6) is 0. The topological polar surface area (TPSA) is 12.4 Å². The predicted octanol–water partition coefficient (Wildman–Crippen LogP) is 2.29. The average molecular weight is 125 g/mol. The van der Waals surface area contributed by atoms with Crippen LogP contribution < -0.4 is 0 Å². The molecule has 0 rings (SSSR count). The molecule has 0 aromatic heterocycles. The van der Waals surface area contributed by atoms with E-state index in [0.29, 0.717) is 0 Å². The second kappa shape index (κ2) is 3.44. The number of rotatable bonds is 2. The first kappa shape index (κ1) is 8.41. The Balaban J connectivity index is 3.57. The Labute approximate surface area is 57.5 Å².